The van der Waals surface area contributed by atoms with E-state index in [9.17, 15) is 9.59 Å². The van der Waals surface area contributed by atoms with Crippen molar-refractivity contribution in [2.24, 2.45) is 0 Å². The van der Waals surface area contributed by atoms with Crippen LogP contribution in [0.3, 0.4) is 0 Å². The van der Waals surface area contributed by atoms with Crippen molar-refractivity contribution in [3.63, 3.8) is 0 Å². The molecule has 3 aromatic rings. The third kappa shape index (κ3) is 3.91. The minimum absolute atomic E-state index is 0.0142. The highest BCUT2D eigenvalue weighted by Gasteiger charge is 2.36. The summed E-state index contributed by atoms with van der Waals surface area (Å²) in [5, 5.41) is 0.453. The molecule has 0 N–H and O–H groups in total. The van der Waals surface area contributed by atoms with E-state index < -0.39 is 5.54 Å². The molecule has 7 nitrogen and oxygen atoms in total. The van der Waals surface area contributed by atoms with Crippen LogP contribution in [0.2, 0.25) is 0 Å². The first-order valence-corrected chi connectivity index (χ1v) is 11.5. The van der Waals surface area contributed by atoms with E-state index in [-0.39, 0.29) is 23.0 Å². The van der Waals surface area contributed by atoms with E-state index in [1.165, 1.54) is 11.1 Å². The van der Waals surface area contributed by atoms with Gasteiger partial charge in [0, 0.05) is 38.2 Å². The molecule has 0 radical (unpaired) electrons. The van der Waals surface area contributed by atoms with Crippen LogP contribution in [-0.2, 0) is 24.1 Å². The van der Waals surface area contributed by atoms with E-state index in [0.29, 0.717) is 43.1 Å². The number of pyridine rings is 2. The van der Waals surface area contributed by atoms with Crippen molar-refractivity contribution < 1.29 is 14.3 Å². The highest BCUT2D eigenvalue weighted by molar-refractivity contribution is 5.97. The number of benzene rings is 1. The number of amides is 1. The van der Waals surface area contributed by atoms with E-state index in [4.69, 9.17) is 9.47 Å². The van der Waals surface area contributed by atoms with Gasteiger partial charge >= 0.3 is 0 Å². The molecule has 33 heavy (non-hydrogen) atoms. The van der Waals surface area contributed by atoms with Gasteiger partial charge in [0.25, 0.3) is 5.91 Å². The molecule has 172 valence electrons. The van der Waals surface area contributed by atoms with Crippen molar-refractivity contribution in [3.05, 3.63) is 69.6 Å². The fraction of sp³-hybridized carbons (Fsp3) is 0.423. The molecule has 0 atom stereocenters. The molecule has 1 saturated heterocycles. The standard InChI is InChI=1S/C26H29N3O4/c1-4-28-15-21(25(31)29-9-10-32-16-26(29,2)3)24(30)20-13-23(27-14-22(20)28)33-19-11-17-7-5-6-8-18(17)12-19/h5-8,13-15,19H,4,9-12,16H2,1-3H3. The summed E-state index contributed by atoms with van der Waals surface area (Å²) in [5.41, 5.74) is 2.68. The van der Waals surface area contributed by atoms with E-state index in [0.717, 1.165) is 12.8 Å². The van der Waals surface area contributed by atoms with Crippen LogP contribution in [0, 0.1) is 0 Å². The number of carbonyl (C=O) groups is 1. The summed E-state index contributed by atoms with van der Waals surface area (Å²) < 4.78 is 13.6. The Morgan fingerprint density at radius 1 is 1.24 bits per heavy atom. The Balaban J connectivity index is 1.50. The van der Waals surface area contributed by atoms with Gasteiger partial charge in [-0.3, -0.25) is 9.59 Å². The van der Waals surface area contributed by atoms with E-state index in [1.807, 2.05) is 37.5 Å². The monoisotopic (exact) mass is 447 g/mol. The zero-order chi connectivity index (χ0) is 23.2. The number of fused-ring (bicyclic) bond motifs is 2. The molecule has 2 aliphatic rings. The van der Waals surface area contributed by atoms with Crippen LogP contribution < -0.4 is 10.2 Å². The number of nitrogens with zero attached hydrogens (tertiary/aromatic N) is 3. The molecule has 1 aromatic carbocycles. The molecule has 5 rings (SSSR count). The molecule has 0 bridgehead atoms. The Morgan fingerprint density at radius 3 is 2.64 bits per heavy atom. The first kappa shape index (κ1) is 21.6. The number of hydrogen-bond acceptors (Lipinski definition) is 5. The fourth-order valence-electron chi connectivity index (χ4n) is 4.90. The summed E-state index contributed by atoms with van der Waals surface area (Å²) in [6.07, 6.45) is 4.96. The third-order valence-corrected chi connectivity index (χ3v) is 6.70. The first-order chi connectivity index (χ1) is 15.9. The molecule has 1 fully saturated rings. The van der Waals surface area contributed by atoms with Gasteiger partial charge in [-0.2, -0.15) is 0 Å². The van der Waals surface area contributed by atoms with Crippen molar-refractivity contribution in [3.8, 4) is 5.88 Å². The van der Waals surface area contributed by atoms with Crippen molar-refractivity contribution >= 4 is 16.8 Å². The normalized spacial score (nSPS) is 17.8. The zero-order valence-electron chi connectivity index (χ0n) is 19.3. The Labute approximate surface area is 192 Å². The summed E-state index contributed by atoms with van der Waals surface area (Å²) in [6.45, 7) is 7.89. The number of aromatic nitrogens is 2. The summed E-state index contributed by atoms with van der Waals surface area (Å²) in [7, 11) is 0. The number of hydrogen-bond donors (Lipinski definition) is 0. The maximum Gasteiger partial charge on any atom is 0.259 e. The predicted octanol–water partition coefficient (Wildman–Crippen LogP) is 3.21. The van der Waals surface area contributed by atoms with Crippen LogP contribution in [0.4, 0.5) is 0 Å². The summed E-state index contributed by atoms with van der Waals surface area (Å²) >= 11 is 0. The summed E-state index contributed by atoms with van der Waals surface area (Å²) in [4.78, 5) is 33.2. The lowest BCUT2D eigenvalue weighted by atomic mass is 10.0. The molecule has 0 saturated carbocycles. The lowest BCUT2D eigenvalue weighted by Gasteiger charge is -2.42. The smallest absolute Gasteiger partial charge is 0.259 e. The zero-order valence-corrected chi connectivity index (χ0v) is 19.3. The molecule has 1 aliphatic heterocycles. The lowest BCUT2D eigenvalue weighted by molar-refractivity contribution is -0.0371. The van der Waals surface area contributed by atoms with Crippen molar-refractivity contribution in [2.75, 3.05) is 19.8 Å². The van der Waals surface area contributed by atoms with E-state index in [1.54, 1.807) is 23.4 Å². The summed E-state index contributed by atoms with van der Waals surface area (Å²) in [5.74, 6) is 0.152. The topological polar surface area (TPSA) is 73.7 Å². The van der Waals surface area contributed by atoms with Crippen molar-refractivity contribution in [1.82, 2.24) is 14.5 Å². The Hall–Kier alpha value is -3.19. The van der Waals surface area contributed by atoms with Gasteiger partial charge in [0.15, 0.2) is 0 Å². The molecular formula is C26H29N3O4. The molecule has 0 unspecified atom stereocenters. The Kier molecular flexibility index (Phi) is 5.44. The second-order valence-corrected chi connectivity index (χ2v) is 9.44. The van der Waals surface area contributed by atoms with Gasteiger partial charge in [-0.15, -0.1) is 0 Å². The number of morpholine rings is 1. The Bertz CT molecular complexity index is 1260. The van der Waals surface area contributed by atoms with Gasteiger partial charge in [-0.25, -0.2) is 4.98 Å². The third-order valence-electron chi connectivity index (χ3n) is 6.70. The molecule has 0 spiro atoms. The van der Waals surface area contributed by atoms with Gasteiger partial charge in [-0.1, -0.05) is 24.3 Å². The molecular weight excluding hydrogens is 418 g/mol. The van der Waals surface area contributed by atoms with Gasteiger partial charge in [0.05, 0.1) is 35.9 Å². The highest BCUT2D eigenvalue weighted by atomic mass is 16.5. The minimum Gasteiger partial charge on any atom is -0.474 e. The van der Waals surface area contributed by atoms with Gasteiger partial charge in [-0.05, 0) is 31.9 Å². The number of ether oxygens (including phenoxy) is 2. The second kappa shape index (κ2) is 8.30. The van der Waals surface area contributed by atoms with Crippen LogP contribution >= 0.6 is 0 Å². The van der Waals surface area contributed by atoms with E-state index >= 15 is 0 Å². The quantitative estimate of drug-likeness (QED) is 0.614. The highest BCUT2D eigenvalue weighted by Crippen LogP contribution is 2.27. The predicted molar refractivity (Wildman–Crippen MR) is 126 cm³/mol. The van der Waals surface area contributed by atoms with Crippen molar-refractivity contribution in [2.45, 2.75) is 51.8 Å². The average Bonchev–Trinajstić information content (AvgIpc) is 3.21. The maximum absolute atomic E-state index is 13.5. The minimum atomic E-state index is -0.474. The number of rotatable bonds is 4. The van der Waals surface area contributed by atoms with Crippen LogP contribution in [0.5, 0.6) is 5.88 Å². The Morgan fingerprint density at radius 2 is 1.97 bits per heavy atom. The second-order valence-electron chi connectivity index (χ2n) is 9.44. The van der Waals surface area contributed by atoms with Crippen molar-refractivity contribution in [1.29, 1.82) is 0 Å². The number of carbonyl (C=O) groups excluding carboxylic acids is 1. The van der Waals surface area contributed by atoms with Gasteiger partial charge in [0.2, 0.25) is 11.3 Å². The van der Waals surface area contributed by atoms with Crippen LogP contribution in [0.1, 0.15) is 42.3 Å². The fourth-order valence-corrected chi connectivity index (χ4v) is 4.90. The van der Waals surface area contributed by atoms with Crippen LogP contribution in [0.15, 0.2) is 47.5 Å². The average molecular weight is 448 g/mol. The SMILES string of the molecule is CCn1cc(C(=O)N2CCOCC2(C)C)c(=O)c2cc(OC3Cc4ccccc4C3)ncc21. The van der Waals surface area contributed by atoms with Crippen LogP contribution in [-0.4, -0.2) is 51.8 Å². The molecule has 3 heterocycles. The molecule has 2 aromatic heterocycles. The molecule has 1 aliphatic carbocycles. The first-order valence-electron chi connectivity index (χ1n) is 11.5. The molecule has 7 heteroatoms. The summed E-state index contributed by atoms with van der Waals surface area (Å²) in [6, 6.07) is 10.0. The van der Waals surface area contributed by atoms with Gasteiger partial charge in [0.1, 0.15) is 11.7 Å². The van der Waals surface area contributed by atoms with E-state index in [2.05, 4.69) is 17.1 Å². The van der Waals surface area contributed by atoms with Crippen LogP contribution in [0.25, 0.3) is 10.9 Å². The molecule has 1 amide bonds. The number of aryl methyl sites for hydroxylation is 1. The largest absolute Gasteiger partial charge is 0.474 e. The lowest BCUT2D eigenvalue weighted by Crippen LogP contribution is -2.56. The maximum atomic E-state index is 13.5. The van der Waals surface area contributed by atoms with Gasteiger partial charge < -0.3 is 18.9 Å².